The van der Waals surface area contributed by atoms with E-state index in [1.807, 2.05) is 20.8 Å². The molecule has 0 aliphatic carbocycles. The van der Waals surface area contributed by atoms with E-state index in [1.54, 1.807) is 0 Å². The van der Waals surface area contributed by atoms with Crippen LogP contribution in [0.2, 0.25) is 6.04 Å². The van der Waals surface area contributed by atoms with Crippen LogP contribution in [0.25, 0.3) is 0 Å². The van der Waals surface area contributed by atoms with Crippen LogP contribution < -0.4 is 0 Å². The Hall–Kier alpha value is -0.233. The summed E-state index contributed by atoms with van der Waals surface area (Å²) >= 11 is 0. The first-order chi connectivity index (χ1) is 8.99. The summed E-state index contributed by atoms with van der Waals surface area (Å²) in [7, 11) is -2.56. The van der Waals surface area contributed by atoms with Crippen molar-refractivity contribution in [1.82, 2.24) is 0 Å². The molecular weight excluding hydrogens is 258 g/mol. The summed E-state index contributed by atoms with van der Waals surface area (Å²) in [5.41, 5.74) is 0.782. The van der Waals surface area contributed by atoms with E-state index in [-0.39, 0.29) is 0 Å². The van der Waals surface area contributed by atoms with Crippen molar-refractivity contribution in [2.75, 3.05) is 19.8 Å². The molecule has 0 unspecified atom stereocenters. The first-order valence-corrected chi connectivity index (χ1v) is 9.41. The van der Waals surface area contributed by atoms with Gasteiger partial charge in [-0.1, -0.05) is 13.8 Å². The van der Waals surface area contributed by atoms with E-state index in [0.717, 1.165) is 31.0 Å². The predicted octanol–water partition coefficient (Wildman–Crippen LogP) is 3.88. The Balaban J connectivity index is 4.33. The van der Waals surface area contributed by atoms with Gasteiger partial charge in [-0.3, -0.25) is 0 Å². The first-order valence-electron chi connectivity index (χ1n) is 7.47. The van der Waals surface area contributed by atoms with Crippen LogP contribution in [0.15, 0.2) is 0 Å². The van der Waals surface area contributed by atoms with Gasteiger partial charge in [0.15, 0.2) is 0 Å². The lowest BCUT2D eigenvalue weighted by Gasteiger charge is -2.28. The van der Waals surface area contributed by atoms with Crippen molar-refractivity contribution in [1.29, 1.82) is 5.41 Å². The molecule has 0 aromatic carbocycles. The smallest absolute Gasteiger partial charge is 0.374 e. The van der Waals surface area contributed by atoms with Crippen molar-refractivity contribution in [3.05, 3.63) is 0 Å². The van der Waals surface area contributed by atoms with Gasteiger partial charge in [0.2, 0.25) is 0 Å². The van der Waals surface area contributed by atoms with Crippen LogP contribution in [-0.4, -0.2) is 34.3 Å². The zero-order valence-corrected chi connectivity index (χ0v) is 14.3. The maximum atomic E-state index is 8.01. The molecule has 0 heterocycles. The molecule has 0 saturated carbocycles. The maximum Gasteiger partial charge on any atom is 0.501 e. The van der Waals surface area contributed by atoms with Crippen LogP contribution in [0, 0.1) is 11.3 Å². The normalized spacial score (nSPS) is 12.1. The highest BCUT2D eigenvalue weighted by atomic mass is 28.4. The number of nitrogens with one attached hydrogen (secondary N) is 1. The van der Waals surface area contributed by atoms with Gasteiger partial charge in [0.25, 0.3) is 0 Å². The van der Waals surface area contributed by atoms with Gasteiger partial charge in [0, 0.05) is 31.6 Å². The molecule has 0 amide bonds. The molecular formula is C14H31NO3Si. The van der Waals surface area contributed by atoms with Crippen molar-refractivity contribution in [3.8, 4) is 0 Å². The minimum Gasteiger partial charge on any atom is -0.374 e. The van der Waals surface area contributed by atoms with E-state index in [9.17, 15) is 0 Å². The average Bonchev–Trinajstić information content (AvgIpc) is 2.35. The third-order valence-electron chi connectivity index (χ3n) is 2.85. The molecule has 1 N–H and O–H groups in total. The van der Waals surface area contributed by atoms with Gasteiger partial charge < -0.3 is 18.7 Å². The zero-order valence-electron chi connectivity index (χ0n) is 13.3. The Bertz CT molecular complexity index is 230. The van der Waals surface area contributed by atoms with E-state index in [4.69, 9.17) is 18.7 Å². The molecule has 0 aromatic heterocycles. The average molecular weight is 289 g/mol. The third-order valence-corrected chi connectivity index (χ3v) is 5.90. The van der Waals surface area contributed by atoms with E-state index in [1.165, 1.54) is 0 Å². The standard InChI is InChI=1S/C14H31NO3Si/c1-6-16-19(17-7-2,18-8-3)12-11-14(15)10-9-13(4)5/h13,15H,6-12H2,1-5H3. The monoisotopic (exact) mass is 289 g/mol. The second-order valence-electron chi connectivity index (χ2n) is 5.02. The van der Waals surface area contributed by atoms with Gasteiger partial charge in [-0.15, -0.1) is 0 Å². The molecule has 0 aliphatic rings. The lowest BCUT2D eigenvalue weighted by Crippen LogP contribution is -2.46. The van der Waals surface area contributed by atoms with Gasteiger partial charge in [-0.25, -0.2) is 0 Å². The molecule has 0 saturated heterocycles. The molecule has 114 valence electrons. The minimum atomic E-state index is -2.56. The Labute approximate surface area is 119 Å². The van der Waals surface area contributed by atoms with Crippen molar-refractivity contribution < 1.29 is 13.3 Å². The van der Waals surface area contributed by atoms with Crippen molar-refractivity contribution >= 4 is 14.5 Å². The second kappa shape index (κ2) is 10.5. The van der Waals surface area contributed by atoms with E-state index < -0.39 is 8.80 Å². The van der Waals surface area contributed by atoms with Crippen LogP contribution in [0.4, 0.5) is 0 Å². The zero-order chi connectivity index (χ0) is 14.7. The topological polar surface area (TPSA) is 51.5 Å². The molecule has 4 nitrogen and oxygen atoms in total. The highest BCUT2D eigenvalue weighted by molar-refractivity contribution is 6.61. The van der Waals surface area contributed by atoms with Crippen molar-refractivity contribution in [3.63, 3.8) is 0 Å². The summed E-state index contributed by atoms with van der Waals surface area (Å²) < 4.78 is 17.4. The third kappa shape index (κ3) is 8.52. The Morgan fingerprint density at radius 3 is 1.79 bits per heavy atom. The van der Waals surface area contributed by atoms with Gasteiger partial charge in [0.05, 0.1) is 0 Å². The summed E-state index contributed by atoms with van der Waals surface area (Å²) in [5.74, 6) is 0.646. The van der Waals surface area contributed by atoms with Crippen LogP contribution in [-0.2, 0) is 13.3 Å². The largest absolute Gasteiger partial charge is 0.501 e. The number of hydrogen-bond donors (Lipinski definition) is 1. The highest BCUT2D eigenvalue weighted by Crippen LogP contribution is 2.19. The molecule has 5 heteroatoms. The molecule has 0 spiro atoms. The van der Waals surface area contributed by atoms with E-state index >= 15 is 0 Å². The SMILES string of the molecule is CCO[Si](CCC(=N)CCC(C)C)(OCC)OCC. The van der Waals surface area contributed by atoms with Crippen LogP contribution >= 0.6 is 0 Å². The van der Waals surface area contributed by atoms with Gasteiger partial charge >= 0.3 is 8.80 Å². The Morgan fingerprint density at radius 2 is 1.42 bits per heavy atom. The molecule has 0 bridgehead atoms. The van der Waals surface area contributed by atoms with E-state index in [2.05, 4.69) is 13.8 Å². The predicted molar refractivity (Wildman–Crippen MR) is 81.9 cm³/mol. The molecule has 0 fully saturated rings. The fourth-order valence-corrected chi connectivity index (χ4v) is 4.50. The lowest BCUT2D eigenvalue weighted by molar-refractivity contribution is 0.0718. The fourth-order valence-electron chi connectivity index (χ4n) is 1.89. The highest BCUT2D eigenvalue weighted by Gasteiger charge is 2.40. The Kier molecular flexibility index (Phi) is 10.4. The summed E-state index contributed by atoms with van der Waals surface area (Å²) in [5, 5.41) is 8.01. The molecule has 0 atom stereocenters. The molecule has 0 radical (unpaired) electrons. The first kappa shape index (κ1) is 18.8. The summed E-state index contributed by atoms with van der Waals surface area (Å²) in [4.78, 5) is 0. The van der Waals surface area contributed by atoms with Crippen molar-refractivity contribution in [2.24, 2.45) is 5.92 Å². The minimum absolute atomic E-state index is 0.603. The van der Waals surface area contributed by atoms with E-state index in [0.29, 0.717) is 25.7 Å². The van der Waals surface area contributed by atoms with Crippen LogP contribution in [0.3, 0.4) is 0 Å². The number of hydrogen-bond acceptors (Lipinski definition) is 4. The van der Waals surface area contributed by atoms with Crippen LogP contribution in [0.5, 0.6) is 0 Å². The quantitative estimate of drug-likeness (QED) is 0.438. The van der Waals surface area contributed by atoms with Crippen LogP contribution in [0.1, 0.15) is 53.9 Å². The summed E-state index contributed by atoms with van der Waals surface area (Å²) in [6.45, 7) is 12.1. The van der Waals surface area contributed by atoms with Gasteiger partial charge in [-0.05, 0) is 46.0 Å². The molecule has 0 aromatic rings. The molecule has 19 heavy (non-hydrogen) atoms. The van der Waals surface area contributed by atoms with Gasteiger partial charge in [-0.2, -0.15) is 0 Å². The Morgan fingerprint density at radius 1 is 0.947 bits per heavy atom. The molecule has 0 rings (SSSR count). The van der Waals surface area contributed by atoms with Crippen molar-refractivity contribution in [2.45, 2.75) is 59.9 Å². The molecule has 0 aliphatic heterocycles. The number of rotatable bonds is 12. The summed E-state index contributed by atoms with van der Waals surface area (Å²) in [6.07, 6.45) is 2.66. The fraction of sp³-hybridized carbons (Fsp3) is 0.929. The maximum absolute atomic E-state index is 8.01. The summed E-state index contributed by atoms with van der Waals surface area (Å²) in [6, 6.07) is 0.722. The second-order valence-corrected chi connectivity index (χ2v) is 7.75. The lowest BCUT2D eigenvalue weighted by atomic mass is 10.0. The van der Waals surface area contributed by atoms with Gasteiger partial charge in [0.1, 0.15) is 0 Å².